The van der Waals surface area contributed by atoms with Crippen molar-refractivity contribution >= 4 is 21.8 Å². The number of benzene rings is 4. The number of nitrogens with zero attached hydrogens (tertiary/aromatic N) is 6. The molecule has 10 atom stereocenters. The molecule has 10 heteroatoms. The summed E-state index contributed by atoms with van der Waals surface area (Å²) in [6.07, 6.45) is 9.90. The summed E-state index contributed by atoms with van der Waals surface area (Å²) in [6, 6.07) is 37.4. The molecular formula is C56H60N6O4. The van der Waals surface area contributed by atoms with Gasteiger partial charge in [-0.15, -0.1) is 0 Å². The van der Waals surface area contributed by atoms with E-state index in [1.165, 1.54) is 25.7 Å². The lowest BCUT2D eigenvalue weighted by Gasteiger charge is -2.52. The number of hydrogen-bond acceptors (Lipinski definition) is 10. The van der Waals surface area contributed by atoms with E-state index in [0.717, 1.165) is 100 Å². The van der Waals surface area contributed by atoms with Gasteiger partial charge in [-0.1, -0.05) is 87.4 Å². The number of piperidine rings is 6. The van der Waals surface area contributed by atoms with Crippen molar-refractivity contribution in [2.75, 3.05) is 40.4 Å². The van der Waals surface area contributed by atoms with Gasteiger partial charge < -0.3 is 18.9 Å². The molecule has 0 radical (unpaired) electrons. The molecule has 10 nitrogen and oxygen atoms in total. The first-order valence-electron chi connectivity index (χ1n) is 24.2. The van der Waals surface area contributed by atoms with Crippen LogP contribution in [0.15, 0.2) is 122 Å². The Balaban J connectivity index is 1.13. The highest BCUT2D eigenvalue weighted by Crippen LogP contribution is 2.50. The van der Waals surface area contributed by atoms with E-state index < -0.39 is 12.2 Å². The molecule has 338 valence electrons. The molecular weight excluding hydrogens is 821 g/mol. The average Bonchev–Trinajstić information content (AvgIpc) is 3.39. The van der Waals surface area contributed by atoms with Crippen LogP contribution in [0.1, 0.15) is 75.7 Å². The Kier molecular flexibility index (Phi) is 11.8. The molecule has 66 heavy (non-hydrogen) atoms. The smallest absolute Gasteiger partial charge is 0.229 e. The summed E-state index contributed by atoms with van der Waals surface area (Å²) in [5.41, 5.74) is 6.48. The minimum Gasteiger partial charge on any atom is -0.497 e. The van der Waals surface area contributed by atoms with E-state index in [1.807, 2.05) is 54.9 Å². The van der Waals surface area contributed by atoms with Gasteiger partial charge in [-0.3, -0.25) is 19.8 Å². The normalized spacial score (nSPS) is 25.4. The number of ether oxygens (including phenoxy) is 4. The van der Waals surface area contributed by atoms with E-state index in [1.54, 1.807) is 14.2 Å². The predicted octanol–water partition coefficient (Wildman–Crippen LogP) is 11.4. The molecule has 9 heterocycles. The minimum absolute atomic E-state index is 0.106. The summed E-state index contributed by atoms with van der Waals surface area (Å²) in [7, 11) is 3.44. The molecule has 7 aromatic rings. The van der Waals surface area contributed by atoms with Crippen LogP contribution in [0.3, 0.4) is 0 Å². The predicted molar refractivity (Wildman–Crippen MR) is 260 cm³/mol. The Labute approximate surface area is 388 Å². The van der Waals surface area contributed by atoms with E-state index in [9.17, 15) is 0 Å². The summed E-state index contributed by atoms with van der Waals surface area (Å²) in [4.78, 5) is 26.0. The van der Waals surface area contributed by atoms with Crippen LogP contribution in [0.5, 0.6) is 23.3 Å². The van der Waals surface area contributed by atoms with Crippen LogP contribution in [0.2, 0.25) is 0 Å². The second-order valence-corrected chi connectivity index (χ2v) is 18.9. The number of aromatic nitrogens is 4. The van der Waals surface area contributed by atoms with Crippen molar-refractivity contribution in [3.8, 4) is 45.8 Å². The second kappa shape index (κ2) is 18.3. The molecule has 7 unspecified atom stereocenters. The molecule has 4 aromatic carbocycles. The molecule has 13 rings (SSSR count). The number of methoxy groups -OCH3 is 2. The fourth-order valence-corrected chi connectivity index (χ4v) is 12.1. The van der Waals surface area contributed by atoms with Crippen molar-refractivity contribution < 1.29 is 18.9 Å². The summed E-state index contributed by atoms with van der Waals surface area (Å²) >= 11 is 0. The maximum Gasteiger partial charge on any atom is 0.229 e. The third-order valence-electron chi connectivity index (χ3n) is 15.6. The largest absolute Gasteiger partial charge is 0.497 e. The number of hydrogen-bond donors (Lipinski definition) is 0. The van der Waals surface area contributed by atoms with Crippen molar-refractivity contribution in [2.45, 2.75) is 76.7 Å². The Morgan fingerprint density at radius 3 is 1.47 bits per heavy atom. The first-order chi connectivity index (χ1) is 32.5. The SMILES string of the molecule is CCC1CN2CCC1CC2[C@@H](Oc1nc(-c2ccccc2)nc(O[C@@H](c2ccnc3ccc(OC)cc23)[C@H]2CC3CCN2CC3CC)c1-c1ccccc1)c1ccnc2ccc(OC)cc12. The highest BCUT2D eigenvalue weighted by atomic mass is 16.5. The van der Waals surface area contributed by atoms with E-state index in [4.69, 9.17) is 38.9 Å². The van der Waals surface area contributed by atoms with Gasteiger partial charge in [0.05, 0.1) is 37.3 Å². The summed E-state index contributed by atoms with van der Waals surface area (Å²) < 4.78 is 27.2. The monoisotopic (exact) mass is 880 g/mol. The van der Waals surface area contributed by atoms with Gasteiger partial charge in [-0.25, -0.2) is 0 Å². The molecule has 0 spiro atoms. The second-order valence-electron chi connectivity index (χ2n) is 18.9. The van der Waals surface area contributed by atoms with Crippen molar-refractivity contribution in [3.05, 3.63) is 133 Å². The van der Waals surface area contributed by atoms with Crippen LogP contribution in [0, 0.1) is 23.7 Å². The molecule has 0 N–H and O–H groups in total. The highest BCUT2D eigenvalue weighted by molar-refractivity contribution is 5.85. The third kappa shape index (κ3) is 7.91. The van der Waals surface area contributed by atoms with Crippen molar-refractivity contribution in [2.24, 2.45) is 23.7 Å². The average molecular weight is 881 g/mol. The molecule has 6 aliphatic heterocycles. The molecule has 0 aliphatic carbocycles. The maximum atomic E-state index is 7.76. The topological polar surface area (TPSA) is 95.0 Å². The van der Waals surface area contributed by atoms with Crippen LogP contribution in [0.25, 0.3) is 44.3 Å². The van der Waals surface area contributed by atoms with E-state index in [-0.39, 0.29) is 12.1 Å². The zero-order valence-corrected chi connectivity index (χ0v) is 38.6. The Morgan fingerprint density at radius 2 is 1.05 bits per heavy atom. The standard InChI is InChI=1S/C56H60N6O4/c1-5-35-33-61-27-23-39(35)29-49(61)52(43-21-25-57-47-19-17-41(63-3)31-45(43)47)65-55-51(37-13-9-7-10-14-37)56(60-54(59-55)38-15-11-8-12-16-38)66-53(50-30-40-24-28-62(50)34-36(40)6-2)44-22-26-58-48-20-18-42(64-4)32-46(44)48/h7-22,25-26,31-32,35-36,39-40,49-50,52-53H,5-6,23-24,27-30,33-34H2,1-4H3/t35?,36?,39?,40?,49-,50?,52+,53+/m1/s1. The van der Waals surface area contributed by atoms with Crippen molar-refractivity contribution in [1.29, 1.82) is 0 Å². The van der Waals surface area contributed by atoms with Crippen LogP contribution in [-0.2, 0) is 0 Å². The van der Waals surface area contributed by atoms with Gasteiger partial charge in [0.2, 0.25) is 11.8 Å². The van der Waals surface area contributed by atoms with Gasteiger partial charge in [0.25, 0.3) is 0 Å². The van der Waals surface area contributed by atoms with E-state index >= 15 is 0 Å². The van der Waals surface area contributed by atoms with Gasteiger partial charge >= 0.3 is 0 Å². The zero-order chi connectivity index (χ0) is 44.7. The van der Waals surface area contributed by atoms with E-state index in [0.29, 0.717) is 41.3 Å². The first kappa shape index (κ1) is 42.5. The van der Waals surface area contributed by atoms with Crippen molar-refractivity contribution in [1.82, 2.24) is 29.7 Å². The van der Waals surface area contributed by atoms with Crippen LogP contribution in [0.4, 0.5) is 0 Å². The number of pyridine rings is 2. The summed E-state index contributed by atoms with van der Waals surface area (Å²) in [5, 5.41) is 2.02. The molecule has 6 aliphatic rings. The molecule has 3 aromatic heterocycles. The Bertz CT molecular complexity index is 2680. The fourth-order valence-electron chi connectivity index (χ4n) is 12.1. The molecule has 0 saturated carbocycles. The lowest BCUT2D eigenvalue weighted by Crippen LogP contribution is -2.56. The van der Waals surface area contributed by atoms with Crippen LogP contribution >= 0.6 is 0 Å². The molecule has 0 amide bonds. The Hall–Kier alpha value is -6.10. The van der Waals surface area contributed by atoms with E-state index in [2.05, 4.69) is 90.4 Å². The number of rotatable bonds is 14. The van der Waals surface area contributed by atoms with Crippen LogP contribution in [-0.4, -0.2) is 82.2 Å². The minimum atomic E-state index is -0.393. The summed E-state index contributed by atoms with van der Waals surface area (Å²) in [5.74, 6) is 5.70. The van der Waals surface area contributed by atoms with Gasteiger partial charge in [0, 0.05) is 52.9 Å². The van der Waals surface area contributed by atoms with Crippen LogP contribution < -0.4 is 18.9 Å². The van der Waals surface area contributed by atoms with Gasteiger partial charge in [0.1, 0.15) is 29.3 Å². The van der Waals surface area contributed by atoms with Gasteiger partial charge in [0.15, 0.2) is 5.82 Å². The lowest BCUT2D eigenvalue weighted by atomic mass is 9.72. The number of fused-ring (bicyclic) bond motifs is 8. The molecule has 6 saturated heterocycles. The first-order valence-corrected chi connectivity index (χ1v) is 24.2. The lowest BCUT2D eigenvalue weighted by molar-refractivity contribution is -0.0510. The quantitative estimate of drug-likeness (QED) is 0.105. The Morgan fingerprint density at radius 1 is 0.576 bits per heavy atom. The third-order valence-corrected chi connectivity index (χ3v) is 15.6. The summed E-state index contributed by atoms with van der Waals surface area (Å²) in [6.45, 7) is 8.88. The maximum absolute atomic E-state index is 7.76. The molecule has 6 fully saturated rings. The zero-order valence-electron chi connectivity index (χ0n) is 38.6. The molecule has 4 bridgehead atoms. The fraction of sp³-hybridized carbons (Fsp3) is 0.393. The van der Waals surface area contributed by atoms with Crippen molar-refractivity contribution in [3.63, 3.8) is 0 Å². The van der Waals surface area contributed by atoms with Gasteiger partial charge in [-0.05, 0) is 117 Å². The van der Waals surface area contributed by atoms with Gasteiger partial charge in [-0.2, -0.15) is 9.97 Å². The highest BCUT2D eigenvalue weighted by Gasteiger charge is 2.47.